The van der Waals surface area contributed by atoms with Crippen LogP contribution in [0.1, 0.15) is 168 Å². The number of aliphatic hydroxyl groups is 2. The monoisotopic (exact) mass is 797 g/mol. The Bertz CT molecular complexity index is 1100. The molecule has 0 aliphatic heterocycles. The number of hydrogen-bond acceptors (Lipinski definition) is 9. The Morgan fingerprint density at radius 3 is 1.49 bits per heavy atom. The van der Waals surface area contributed by atoms with Gasteiger partial charge in [-0.05, 0) is 83.5 Å². The molecule has 3 atom stereocenters. The van der Waals surface area contributed by atoms with Crippen LogP contribution in [0.4, 0.5) is 0 Å². The minimum Gasteiger partial charge on any atom is -0.462 e. The van der Waals surface area contributed by atoms with Crippen LogP contribution in [0, 0.1) is 0 Å². The third-order valence-electron chi connectivity index (χ3n) is 8.64. The van der Waals surface area contributed by atoms with E-state index < -0.39 is 51.8 Å². The van der Waals surface area contributed by atoms with Crippen LogP contribution in [0.25, 0.3) is 0 Å². The number of rotatable bonds is 39. The maximum atomic E-state index is 12.6. The normalized spacial score (nSPS) is 14.5. The molecule has 55 heavy (non-hydrogen) atoms. The molecule has 0 amide bonds. The smallest absolute Gasteiger partial charge is 0.462 e. The maximum Gasteiger partial charge on any atom is 0.472 e. The molecule has 0 saturated carbocycles. The van der Waals surface area contributed by atoms with Crippen LogP contribution in [0.15, 0.2) is 60.8 Å². The SMILES string of the molecule is CCCCC/C=C/C/C=C/C/C=C/C/C=C/CCCCCC(=O)O[C@H](COC(=O)CCCCCCC/C=C/CCCCCC)COP(=O)(O)OC[C@@H](O)CO. The second-order valence-electron chi connectivity index (χ2n) is 14.0. The van der Waals surface area contributed by atoms with Crippen molar-refractivity contribution in [3.63, 3.8) is 0 Å². The fraction of sp³-hybridized carbons (Fsp3) is 0.727. The van der Waals surface area contributed by atoms with Gasteiger partial charge in [-0.25, -0.2) is 4.57 Å². The first-order valence-corrected chi connectivity index (χ1v) is 22.7. The van der Waals surface area contributed by atoms with Crippen LogP contribution in [-0.4, -0.2) is 65.7 Å². The number of carbonyl (C=O) groups excluding carboxylic acids is 2. The summed E-state index contributed by atoms with van der Waals surface area (Å²) in [5.41, 5.74) is 0. The number of phosphoric ester groups is 1. The summed E-state index contributed by atoms with van der Waals surface area (Å²) >= 11 is 0. The summed E-state index contributed by atoms with van der Waals surface area (Å²) in [5, 5.41) is 18.3. The molecule has 0 heterocycles. The Morgan fingerprint density at radius 2 is 0.945 bits per heavy atom. The first kappa shape index (κ1) is 52.7. The molecule has 0 fully saturated rings. The van der Waals surface area contributed by atoms with Crippen molar-refractivity contribution in [1.29, 1.82) is 0 Å². The molecule has 0 aromatic rings. The Kier molecular flexibility index (Phi) is 38.2. The number of ether oxygens (including phenoxy) is 2. The van der Waals surface area contributed by atoms with Crippen LogP contribution < -0.4 is 0 Å². The van der Waals surface area contributed by atoms with E-state index in [1.165, 1.54) is 51.4 Å². The molecule has 3 N–H and O–H groups in total. The van der Waals surface area contributed by atoms with Crippen molar-refractivity contribution >= 4 is 19.8 Å². The lowest BCUT2D eigenvalue weighted by molar-refractivity contribution is -0.161. The molecule has 318 valence electrons. The molecule has 0 aromatic carbocycles. The third-order valence-corrected chi connectivity index (χ3v) is 9.60. The molecule has 1 unspecified atom stereocenters. The van der Waals surface area contributed by atoms with E-state index in [0.717, 1.165) is 77.0 Å². The molecule has 0 saturated heterocycles. The van der Waals surface area contributed by atoms with Gasteiger partial charge in [-0.1, -0.05) is 132 Å². The van der Waals surface area contributed by atoms with Crippen LogP contribution >= 0.6 is 7.82 Å². The zero-order valence-electron chi connectivity index (χ0n) is 34.4. The second kappa shape index (κ2) is 39.9. The van der Waals surface area contributed by atoms with Crippen LogP contribution in [0.3, 0.4) is 0 Å². The van der Waals surface area contributed by atoms with Gasteiger partial charge in [0, 0.05) is 12.8 Å². The van der Waals surface area contributed by atoms with E-state index in [2.05, 4.69) is 79.1 Å². The van der Waals surface area contributed by atoms with Crippen molar-refractivity contribution in [3.05, 3.63) is 60.8 Å². The predicted molar refractivity (Wildman–Crippen MR) is 224 cm³/mol. The largest absolute Gasteiger partial charge is 0.472 e. The number of phosphoric acid groups is 1. The third kappa shape index (κ3) is 39.7. The van der Waals surface area contributed by atoms with Crippen molar-refractivity contribution in [3.8, 4) is 0 Å². The van der Waals surface area contributed by atoms with E-state index in [1.807, 2.05) is 0 Å². The number of aliphatic hydroxyl groups excluding tert-OH is 2. The fourth-order valence-electron chi connectivity index (χ4n) is 5.32. The highest BCUT2D eigenvalue weighted by atomic mass is 31.2. The summed E-state index contributed by atoms with van der Waals surface area (Å²) in [6.07, 6.45) is 43.3. The van der Waals surface area contributed by atoms with Crippen LogP contribution in [-0.2, 0) is 32.7 Å². The molecule has 0 aliphatic rings. The predicted octanol–water partition coefficient (Wildman–Crippen LogP) is 11.1. The van der Waals surface area contributed by atoms with Gasteiger partial charge in [0.25, 0.3) is 0 Å². The topological polar surface area (TPSA) is 149 Å². The summed E-state index contributed by atoms with van der Waals surface area (Å²) in [6, 6.07) is 0. The number of allylic oxidation sites excluding steroid dienone is 10. The quantitative estimate of drug-likeness (QED) is 0.0237. The minimum absolute atomic E-state index is 0.143. The Labute approximate surface area is 334 Å². The van der Waals surface area contributed by atoms with Gasteiger partial charge in [-0.2, -0.15) is 0 Å². The summed E-state index contributed by atoms with van der Waals surface area (Å²) < 4.78 is 32.6. The van der Waals surface area contributed by atoms with E-state index in [1.54, 1.807) is 0 Å². The molecular formula is C44H77O10P. The van der Waals surface area contributed by atoms with Crippen molar-refractivity contribution < 1.29 is 47.8 Å². The highest BCUT2D eigenvalue weighted by molar-refractivity contribution is 7.47. The molecule has 0 rings (SSSR count). The van der Waals surface area contributed by atoms with Gasteiger partial charge in [-0.3, -0.25) is 18.6 Å². The number of carbonyl (C=O) groups is 2. The van der Waals surface area contributed by atoms with E-state index in [9.17, 15) is 24.2 Å². The zero-order chi connectivity index (χ0) is 40.5. The number of hydrogen-bond donors (Lipinski definition) is 3. The van der Waals surface area contributed by atoms with Crippen molar-refractivity contribution in [2.75, 3.05) is 26.4 Å². The average Bonchev–Trinajstić information content (AvgIpc) is 3.17. The molecule has 10 nitrogen and oxygen atoms in total. The number of esters is 2. The van der Waals surface area contributed by atoms with E-state index in [4.69, 9.17) is 19.1 Å². The van der Waals surface area contributed by atoms with Crippen LogP contribution in [0.5, 0.6) is 0 Å². The lowest BCUT2D eigenvalue weighted by Gasteiger charge is -2.20. The standard InChI is InChI=1S/C44H77O10P/c1-3-5-7-9-11-13-15-17-18-19-20-21-22-24-26-28-30-32-34-36-44(48)54-42(40-53-55(49,50)52-38-41(46)37-45)39-51-43(47)35-33-31-29-27-25-23-16-14-12-10-8-6-4-2/h11,13-14,16-18,20-21,24,26,41-42,45-46H,3-10,12,15,19,22-23,25,27-40H2,1-2H3,(H,49,50)/b13-11+,16-14+,18-17+,21-20+,26-24+/t41-,42+/m0/s1. The maximum absolute atomic E-state index is 12.6. The first-order valence-electron chi connectivity index (χ1n) is 21.2. The highest BCUT2D eigenvalue weighted by Gasteiger charge is 2.27. The Morgan fingerprint density at radius 1 is 0.545 bits per heavy atom. The Balaban J connectivity index is 4.40. The van der Waals surface area contributed by atoms with Gasteiger partial charge in [0.1, 0.15) is 12.7 Å². The average molecular weight is 797 g/mol. The lowest BCUT2D eigenvalue weighted by atomic mass is 10.1. The van der Waals surface area contributed by atoms with Gasteiger partial charge < -0.3 is 24.6 Å². The molecule has 0 radical (unpaired) electrons. The van der Waals surface area contributed by atoms with Crippen molar-refractivity contribution in [2.24, 2.45) is 0 Å². The summed E-state index contributed by atoms with van der Waals surface area (Å²) in [6.45, 7) is 2.27. The van der Waals surface area contributed by atoms with Crippen molar-refractivity contribution in [2.45, 2.75) is 180 Å². The summed E-state index contributed by atoms with van der Waals surface area (Å²) in [5.74, 6) is -0.975. The fourth-order valence-corrected chi connectivity index (χ4v) is 6.11. The van der Waals surface area contributed by atoms with E-state index >= 15 is 0 Å². The van der Waals surface area contributed by atoms with E-state index in [0.29, 0.717) is 12.8 Å². The van der Waals surface area contributed by atoms with Gasteiger partial charge >= 0.3 is 19.8 Å². The molecular weight excluding hydrogens is 719 g/mol. The van der Waals surface area contributed by atoms with E-state index in [-0.39, 0.29) is 19.4 Å². The number of unbranched alkanes of at least 4 members (excludes halogenated alkanes) is 15. The molecule has 0 aliphatic carbocycles. The van der Waals surface area contributed by atoms with Gasteiger partial charge in [0.15, 0.2) is 6.10 Å². The summed E-state index contributed by atoms with van der Waals surface area (Å²) in [7, 11) is -4.63. The molecule has 0 spiro atoms. The zero-order valence-corrected chi connectivity index (χ0v) is 35.3. The molecule has 11 heteroatoms. The first-order chi connectivity index (χ1) is 26.7. The molecule has 0 bridgehead atoms. The second-order valence-corrected chi connectivity index (χ2v) is 15.5. The summed E-state index contributed by atoms with van der Waals surface area (Å²) in [4.78, 5) is 34.9. The van der Waals surface area contributed by atoms with Gasteiger partial charge in [-0.15, -0.1) is 0 Å². The molecule has 0 aromatic heterocycles. The van der Waals surface area contributed by atoms with Crippen molar-refractivity contribution in [1.82, 2.24) is 0 Å². The lowest BCUT2D eigenvalue weighted by Crippen LogP contribution is -2.29. The van der Waals surface area contributed by atoms with Crippen LogP contribution in [0.2, 0.25) is 0 Å². The Hall–Kier alpha value is -2.33. The van der Waals surface area contributed by atoms with Gasteiger partial charge in [0.05, 0.1) is 19.8 Å². The van der Waals surface area contributed by atoms with Gasteiger partial charge in [0.2, 0.25) is 0 Å². The highest BCUT2D eigenvalue weighted by Crippen LogP contribution is 2.43. The minimum atomic E-state index is -4.63.